The number of anilines is 2. The Balaban J connectivity index is 0.000000561. The van der Waals surface area contributed by atoms with Gasteiger partial charge in [0.15, 0.2) is 0 Å². The highest BCUT2D eigenvalue weighted by Gasteiger charge is 1.99. The van der Waals surface area contributed by atoms with Crippen LogP contribution in [-0.2, 0) is 0 Å². The minimum atomic E-state index is -0.313. The topological polar surface area (TPSA) is 52.0 Å². The molecule has 68 valence electrons. The first-order valence-corrected chi connectivity index (χ1v) is 3.92. The standard InChI is InChI=1S/C7H9FN2.C2H6/c1-4-2-6(9)7(10)3-5(4)8;1-2/h2-3H,9-10H2,1H3;1-2H3. The first-order chi connectivity index (χ1) is 5.61. The maximum atomic E-state index is 12.6. The fourth-order valence-corrected chi connectivity index (χ4v) is 0.719. The summed E-state index contributed by atoms with van der Waals surface area (Å²) >= 11 is 0. The van der Waals surface area contributed by atoms with Gasteiger partial charge in [-0.15, -0.1) is 0 Å². The fraction of sp³-hybridized carbons (Fsp3) is 0.333. The van der Waals surface area contributed by atoms with Crippen LogP contribution in [0.1, 0.15) is 19.4 Å². The molecule has 4 N–H and O–H groups in total. The molecule has 0 atom stereocenters. The summed E-state index contributed by atoms with van der Waals surface area (Å²) in [4.78, 5) is 0. The molecule has 0 spiro atoms. The number of hydrogen-bond acceptors (Lipinski definition) is 2. The van der Waals surface area contributed by atoms with Gasteiger partial charge in [-0.2, -0.15) is 0 Å². The van der Waals surface area contributed by atoms with Crippen molar-refractivity contribution in [3.63, 3.8) is 0 Å². The Morgan fingerprint density at radius 2 is 1.50 bits per heavy atom. The highest BCUT2D eigenvalue weighted by Crippen LogP contribution is 2.18. The van der Waals surface area contributed by atoms with Crippen LogP contribution in [0.25, 0.3) is 0 Å². The van der Waals surface area contributed by atoms with Gasteiger partial charge in [0.05, 0.1) is 11.4 Å². The lowest BCUT2D eigenvalue weighted by Gasteiger charge is -2.01. The van der Waals surface area contributed by atoms with Crippen LogP contribution < -0.4 is 11.5 Å². The van der Waals surface area contributed by atoms with Gasteiger partial charge in [-0.1, -0.05) is 13.8 Å². The van der Waals surface area contributed by atoms with Crippen molar-refractivity contribution in [2.45, 2.75) is 20.8 Å². The number of halogens is 1. The largest absolute Gasteiger partial charge is 0.397 e. The maximum Gasteiger partial charge on any atom is 0.128 e. The zero-order chi connectivity index (χ0) is 9.72. The summed E-state index contributed by atoms with van der Waals surface area (Å²) in [6, 6.07) is 2.75. The van der Waals surface area contributed by atoms with Gasteiger partial charge in [0.25, 0.3) is 0 Å². The van der Waals surface area contributed by atoms with Gasteiger partial charge in [-0.05, 0) is 24.6 Å². The van der Waals surface area contributed by atoms with E-state index in [0.29, 0.717) is 16.9 Å². The van der Waals surface area contributed by atoms with Gasteiger partial charge in [0, 0.05) is 0 Å². The lowest BCUT2D eigenvalue weighted by atomic mass is 10.2. The molecule has 0 aliphatic carbocycles. The molecule has 0 aliphatic rings. The van der Waals surface area contributed by atoms with Crippen LogP contribution in [0.4, 0.5) is 15.8 Å². The van der Waals surface area contributed by atoms with Gasteiger partial charge < -0.3 is 11.5 Å². The van der Waals surface area contributed by atoms with Crippen molar-refractivity contribution in [1.82, 2.24) is 0 Å². The third-order valence-electron chi connectivity index (χ3n) is 1.36. The summed E-state index contributed by atoms with van der Waals surface area (Å²) < 4.78 is 12.6. The average Bonchev–Trinajstić information content (AvgIpc) is 2.05. The summed E-state index contributed by atoms with van der Waals surface area (Å²) in [5.74, 6) is -0.313. The number of nitrogen functional groups attached to an aromatic ring is 2. The van der Waals surface area contributed by atoms with E-state index in [4.69, 9.17) is 11.5 Å². The lowest BCUT2D eigenvalue weighted by molar-refractivity contribution is 0.619. The van der Waals surface area contributed by atoms with Crippen LogP contribution in [0.3, 0.4) is 0 Å². The van der Waals surface area contributed by atoms with Crippen molar-refractivity contribution >= 4 is 11.4 Å². The van der Waals surface area contributed by atoms with Crippen molar-refractivity contribution in [2.75, 3.05) is 11.5 Å². The molecule has 0 saturated heterocycles. The third-order valence-corrected chi connectivity index (χ3v) is 1.36. The number of aryl methyl sites for hydroxylation is 1. The Kier molecular flexibility index (Phi) is 4.11. The zero-order valence-electron chi connectivity index (χ0n) is 7.69. The normalized spacial score (nSPS) is 8.67. The molecule has 0 radical (unpaired) electrons. The monoisotopic (exact) mass is 170 g/mol. The Labute approximate surface area is 72.4 Å². The number of hydrogen-bond donors (Lipinski definition) is 2. The van der Waals surface area contributed by atoms with Crippen molar-refractivity contribution in [1.29, 1.82) is 0 Å². The molecule has 1 aromatic rings. The quantitative estimate of drug-likeness (QED) is 0.587. The maximum absolute atomic E-state index is 12.6. The number of rotatable bonds is 0. The van der Waals surface area contributed by atoms with Crippen molar-refractivity contribution in [3.05, 3.63) is 23.5 Å². The highest BCUT2D eigenvalue weighted by molar-refractivity contribution is 5.64. The molecule has 0 amide bonds. The minimum absolute atomic E-state index is 0.295. The molecule has 0 saturated carbocycles. The van der Waals surface area contributed by atoms with E-state index in [0.717, 1.165) is 0 Å². The summed E-state index contributed by atoms with van der Waals surface area (Å²) in [6.45, 7) is 5.64. The molecule has 3 heteroatoms. The molecule has 1 rings (SSSR count). The van der Waals surface area contributed by atoms with E-state index in [1.807, 2.05) is 13.8 Å². The highest BCUT2D eigenvalue weighted by atomic mass is 19.1. The number of nitrogens with two attached hydrogens (primary N) is 2. The predicted octanol–water partition coefficient (Wildman–Crippen LogP) is 2.32. The molecular weight excluding hydrogens is 155 g/mol. The Morgan fingerprint density at radius 1 is 1.08 bits per heavy atom. The Morgan fingerprint density at radius 3 is 1.92 bits per heavy atom. The fourth-order valence-electron chi connectivity index (χ4n) is 0.719. The summed E-state index contributed by atoms with van der Waals surface area (Å²) in [7, 11) is 0. The van der Waals surface area contributed by atoms with E-state index in [-0.39, 0.29) is 5.82 Å². The summed E-state index contributed by atoms with van der Waals surface area (Å²) in [6.07, 6.45) is 0. The van der Waals surface area contributed by atoms with Crippen LogP contribution in [0.5, 0.6) is 0 Å². The van der Waals surface area contributed by atoms with E-state index in [9.17, 15) is 4.39 Å². The van der Waals surface area contributed by atoms with Gasteiger partial charge in [0.1, 0.15) is 5.82 Å². The molecule has 12 heavy (non-hydrogen) atoms. The van der Waals surface area contributed by atoms with Crippen LogP contribution in [-0.4, -0.2) is 0 Å². The van der Waals surface area contributed by atoms with E-state index >= 15 is 0 Å². The van der Waals surface area contributed by atoms with Gasteiger partial charge in [-0.3, -0.25) is 0 Å². The van der Waals surface area contributed by atoms with Gasteiger partial charge in [0.2, 0.25) is 0 Å². The van der Waals surface area contributed by atoms with E-state index in [2.05, 4.69) is 0 Å². The third kappa shape index (κ3) is 2.42. The zero-order valence-corrected chi connectivity index (χ0v) is 7.69. The first kappa shape index (κ1) is 10.8. The molecule has 0 fully saturated rings. The van der Waals surface area contributed by atoms with Crippen molar-refractivity contribution in [3.8, 4) is 0 Å². The van der Waals surface area contributed by atoms with E-state index in [1.165, 1.54) is 12.1 Å². The second kappa shape index (κ2) is 4.59. The summed E-state index contributed by atoms with van der Waals surface area (Å²) in [5, 5.41) is 0. The second-order valence-corrected chi connectivity index (χ2v) is 2.23. The molecule has 0 unspecified atom stereocenters. The van der Waals surface area contributed by atoms with Crippen LogP contribution in [0.2, 0.25) is 0 Å². The second-order valence-electron chi connectivity index (χ2n) is 2.23. The molecule has 0 aliphatic heterocycles. The molecule has 2 nitrogen and oxygen atoms in total. The average molecular weight is 170 g/mol. The van der Waals surface area contributed by atoms with Crippen molar-refractivity contribution < 1.29 is 4.39 Å². The van der Waals surface area contributed by atoms with Crippen molar-refractivity contribution in [2.24, 2.45) is 0 Å². The SMILES string of the molecule is CC.Cc1cc(N)c(N)cc1F. The Hall–Kier alpha value is -1.25. The molecule has 0 bridgehead atoms. The van der Waals surface area contributed by atoms with Gasteiger partial charge >= 0.3 is 0 Å². The van der Waals surface area contributed by atoms with E-state index < -0.39 is 0 Å². The first-order valence-electron chi connectivity index (χ1n) is 3.92. The van der Waals surface area contributed by atoms with Gasteiger partial charge in [-0.25, -0.2) is 4.39 Å². The minimum Gasteiger partial charge on any atom is -0.397 e. The smallest absolute Gasteiger partial charge is 0.128 e. The molecule has 0 aromatic heterocycles. The molecule has 1 aromatic carbocycles. The summed E-state index contributed by atoms with van der Waals surface area (Å²) in [5.41, 5.74) is 12.0. The van der Waals surface area contributed by atoms with Crippen LogP contribution >= 0.6 is 0 Å². The predicted molar refractivity (Wildman–Crippen MR) is 51.3 cm³/mol. The van der Waals surface area contributed by atoms with E-state index in [1.54, 1.807) is 6.92 Å². The van der Waals surface area contributed by atoms with Crippen LogP contribution in [0.15, 0.2) is 12.1 Å². The lowest BCUT2D eigenvalue weighted by Crippen LogP contribution is -1.96. The molecular formula is C9H15FN2. The van der Waals surface area contributed by atoms with Crippen LogP contribution in [0, 0.1) is 12.7 Å². The molecule has 0 heterocycles. The Bertz CT molecular complexity index is 209. The number of benzene rings is 1.